The van der Waals surface area contributed by atoms with E-state index in [1.54, 1.807) is 7.11 Å². The van der Waals surface area contributed by atoms with Crippen molar-refractivity contribution in [1.29, 1.82) is 0 Å². The number of ether oxygens (including phenoxy) is 1. The molecule has 15 heavy (non-hydrogen) atoms. The third-order valence-corrected chi connectivity index (χ3v) is 2.47. The van der Waals surface area contributed by atoms with Crippen LogP contribution in [-0.2, 0) is 4.74 Å². The number of hydrogen-bond acceptors (Lipinski definition) is 2. The van der Waals surface area contributed by atoms with Crippen LogP contribution in [0.2, 0.25) is 0 Å². The lowest BCUT2D eigenvalue weighted by Crippen LogP contribution is -2.33. The number of nitrogens with one attached hydrogen (secondary N) is 1. The minimum absolute atomic E-state index is 0.682. The van der Waals surface area contributed by atoms with Gasteiger partial charge < -0.3 is 10.1 Å². The molecule has 0 aliphatic carbocycles. The van der Waals surface area contributed by atoms with Gasteiger partial charge in [-0.3, -0.25) is 0 Å². The predicted octanol–water partition coefficient (Wildman–Crippen LogP) is 3.07. The summed E-state index contributed by atoms with van der Waals surface area (Å²) < 4.78 is 5.05. The Kier molecular flexibility index (Phi) is 9.12. The first-order valence-electron chi connectivity index (χ1n) is 6.28. The van der Waals surface area contributed by atoms with Gasteiger partial charge in [-0.05, 0) is 37.6 Å². The summed E-state index contributed by atoms with van der Waals surface area (Å²) in [7, 11) is 1.76. The lowest BCUT2D eigenvalue weighted by Gasteiger charge is -2.22. The standard InChI is InChI=1S/C13H29NO/c1-11(2)9-13(10-12(3)4)14-7-6-8-15-5/h11-14H,6-10H2,1-5H3. The molecule has 0 aromatic rings. The zero-order valence-corrected chi connectivity index (χ0v) is 11.2. The van der Waals surface area contributed by atoms with Gasteiger partial charge in [-0.25, -0.2) is 0 Å². The predicted molar refractivity (Wildman–Crippen MR) is 67.2 cm³/mol. The third-order valence-electron chi connectivity index (χ3n) is 2.47. The monoisotopic (exact) mass is 215 g/mol. The molecule has 0 aromatic carbocycles. The van der Waals surface area contributed by atoms with Gasteiger partial charge >= 0.3 is 0 Å². The molecule has 0 fully saturated rings. The molecule has 0 amide bonds. The summed E-state index contributed by atoms with van der Waals surface area (Å²) in [6, 6.07) is 0.682. The van der Waals surface area contributed by atoms with Gasteiger partial charge in [0, 0.05) is 19.8 Å². The third kappa shape index (κ3) is 10.2. The van der Waals surface area contributed by atoms with E-state index < -0.39 is 0 Å². The smallest absolute Gasteiger partial charge is 0.0474 e. The van der Waals surface area contributed by atoms with Crippen LogP contribution in [0.3, 0.4) is 0 Å². The van der Waals surface area contributed by atoms with Crippen molar-refractivity contribution >= 4 is 0 Å². The molecular formula is C13H29NO. The molecule has 92 valence electrons. The van der Waals surface area contributed by atoms with E-state index in [4.69, 9.17) is 4.74 Å². The summed E-state index contributed by atoms with van der Waals surface area (Å²) in [4.78, 5) is 0. The Balaban J connectivity index is 3.69. The molecule has 1 N–H and O–H groups in total. The molecule has 0 saturated carbocycles. The Morgan fingerprint density at radius 2 is 1.53 bits per heavy atom. The summed E-state index contributed by atoms with van der Waals surface area (Å²) in [5.74, 6) is 1.56. The highest BCUT2D eigenvalue weighted by Gasteiger charge is 2.11. The maximum Gasteiger partial charge on any atom is 0.0474 e. The average Bonchev–Trinajstić information content (AvgIpc) is 2.10. The maximum absolute atomic E-state index is 5.05. The normalized spacial score (nSPS) is 12.0. The highest BCUT2D eigenvalue weighted by Crippen LogP contribution is 2.13. The highest BCUT2D eigenvalue weighted by molar-refractivity contribution is 4.70. The first-order valence-corrected chi connectivity index (χ1v) is 6.28. The van der Waals surface area contributed by atoms with Crippen LogP contribution < -0.4 is 5.32 Å². The highest BCUT2D eigenvalue weighted by atomic mass is 16.5. The van der Waals surface area contributed by atoms with Crippen molar-refractivity contribution in [2.24, 2.45) is 11.8 Å². The quantitative estimate of drug-likeness (QED) is 0.597. The minimum Gasteiger partial charge on any atom is -0.385 e. The Bertz CT molecular complexity index is 124. The minimum atomic E-state index is 0.682. The van der Waals surface area contributed by atoms with Crippen LogP contribution >= 0.6 is 0 Å². The van der Waals surface area contributed by atoms with Gasteiger partial charge in [-0.15, -0.1) is 0 Å². The van der Waals surface area contributed by atoms with Gasteiger partial charge in [0.1, 0.15) is 0 Å². The summed E-state index contributed by atoms with van der Waals surface area (Å²) in [6.07, 6.45) is 3.68. The zero-order valence-electron chi connectivity index (χ0n) is 11.2. The zero-order chi connectivity index (χ0) is 11.7. The van der Waals surface area contributed by atoms with Crippen molar-refractivity contribution in [1.82, 2.24) is 5.32 Å². The van der Waals surface area contributed by atoms with Crippen LogP contribution in [-0.4, -0.2) is 26.3 Å². The average molecular weight is 215 g/mol. The van der Waals surface area contributed by atoms with E-state index in [0.29, 0.717) is 6.04 Å². The van der Waals surface area contributed by atoms with Crippen molar-refractivity contribution in [3.8, 4) is 0 Å². The molecule has 2 heteroatoms. The summed E-state index contributed by atoms with van der Waals surface area (Å²) in [5.41, 5.74) is 0. The fourth-order valence-electron chi connectivity index (χ4n) is 1.92. The Hall–Kier alpha value is -0.0800. The van der Waals surface area contributed by atoms with Gasteiger partial charge in [0.25, 0.3) is 0 Å². The topological polar surface area (TPSA) is 21.3 Å². The van der Waals surface area contributed by atoms with Crippen LogP contribution in [0.25, 0.3) is 0 Å². The first-order chi connectivity index (χ1) is 7.06. The van der Waals surface area contributed by atoms with Crippen LogP contribution in [0.4, 0.5) is 0 Å². The number of methoxy groups -OCH3 is 1. The van der Waals surface area contributed by atoms with E-state index in [9.17, 15) is 0 Å². The lowest BCUT2D eigenvalue weighted by atomic mass is 9.95. The maximum atomic E-state index is 5.05. The first kappa shape index (κ1) is 14.9. The van der Waals surface area contributed by atoms with Gasteiger partial charge in [-0.2, -0.15) is 0 Å². The van der Waals surface area contributed by atoms with E-state index in [-0.39, 0.29) is 0 Å². The molecular weight excluding hydrogens is 186 g/mol. The van der Waals surface area contributed by atoms with Crippen LogP contribution in [0, 0.1) is 11.8 Å². The largest absolute Gasteiger partial charge is 0.385 e. The van der Waals surface area contributed by atoms with Crippen LogP contribution in [0.1, 0.15) is 47.0 Å². The van der Waals surface area contributed by atoms with Gasteiger partial charge in [0.15, 0.2) is 0 Å². The van der Waals surface area contributed by atoms with Crippen molar-refractivity contribution in [3.05, 3.63) is 0 Å². The second kappa shape index (κ2) is 9.17. The number of rotatable bonds is 9. The molecule has 0 heterocycles. The molecule has 0 atom stereocenters. The number of hydrogen-bond donors (Lipinski definition) is 1. The van der Waals surface area contributed by atoms with E-state index in [1.807, 2.05) is 0 Å². The molecule has 0 unspecified atom stereocenters. The Morgan fingerprint density at radius 3 is 1.93 bits per heavy atom. The summed E-state index contributed by atoms with van der Waals surface area (Å²) >= 11 is 0. The molecule has 0 bridgehead atoms. The van der Waals surface area contributed by atoms with Gasteiger partial charge in [-0.1, -0.05) is 27.7 Å². The van der Waals surface area contributed by atoms with Crippen LogP contribution in [0.5, 0.6) is 0 Å². The summed E-state index contributed by atoms with van der Waals surface area (Å²) in [6.45, 7) is 11.1. The molecule has 2 nitrogen and oxygen atoms in total. The molecule has 0 aromatic heterocycles. The Morgan fingerprint density at radius 1 is 1.00 bits per heavy atom. The van der Waals surface area contributed by atoms with Gasteiger partial charge in [0.05, 0.1) is 0 Å². The van der Waals surface area contributed by atoms with Crippen molar-refractivity contribution in [2.45, 2.75) is 53.0 Å². The molecule has 0 aliphatic rings. The van der Waals surface area contributed by atoms with E-state index >= 15 is 0 Å². The van der Waals surface area contributed by atoms with E-state index in [0.717, 1.165) is 31.4 Å². The van der Waals surface area contributed by atoms with Crippen molar-refractivity contribution in [3.63, 3.8) is 0 Å². The van der Waals surface area contributed by atoms with Crippen molar-refractivity contribution in [2.75, 3.05) is 20.3 Å². The molecule has 0 spiro atoms. The Labute approximate surface area is 95.8 Å². The van der Waals surface area contributed by atoms with E-state index in [2.05, 4.69) is 33.0 Å². The second-order valence-electron chi connectivity index (χ2n) is 5.26. The molecule has 0 radical (unpaired) electrons. The second-order valence-corrected chi connectivity index (χ2v) is 5.26. The molecule has 0 aliphatic heterocycles. The van der Waals surface area contributed by atoms with E-state index in [1.165, 1.54) is 12.8 Å². The molecule has 0 saturated heterocycles. The van der Waals surface area contributed by atoms with Crippen LogP contribution in [0.15, 0.2) is 0 Å². The fraction of sp³-hybridized carbons (Fsp3) is 1.00. The summed E-state index contributed by atoms with van der Waals surface area (Å²) in [5, 5.41) is 3.64. The lowest BCUT2D eigenvalue weighted by molar-refractivity contribution is 0.192. The SMILES string of the molecule is COCCCNC(CC(C)C)CC(C)C. The molecule has 0 rings (SSSR count). The fourth-order valence-corrected chi connectivity index (χ4v) is 1.92. The van der Waals surface area contributed by atoms with Gasteiger partial charge in [0.2, 0.25) is 0 Å². The van der Waals surface area contributed by atoms with Crippen molar-refractivity contribution < 1.29 is 4.74 Å².